The summed E-state index contributed by atoms with van der Waals surface area (Å²) in [7, 11) is 0. The Kier molecular flexibility index (Phi) is 5.74. The second-order valence-electron chi connectivity index (χ2n) is 7.36. The lowest BCUT2D eigenvalue weighted by Gasteiger charge is -2.20. The molecule has 6 nitrogen and oxygen atoms in total. The van der Waals surface area contributed by atoms with Crippen LogP contribution in [-0.4, -0.2) is 26.6 Å². The Bertz CT molecular complexity index is 1060. The molecule has 0 aliphatic heterocycles. The number of benzene rings is 1. The first-order valence-corrected chi connectivity index (χ1v) is 9.57. The van der Waals surface area contributed by atoms with Crippen molar-refractivity contribution in [1.29, 1.82) is 0 Å². The lowest BCUT2D eigenvalue weighted by atomic mass is 10.1. The molecule has 3 rings (SSSR count). The van der Waals surface area contributed by atoms with Crippen LogP contribution in [0, 0.1) is 6.92 Å². The van der Waals surface area contributed by atoms with Gasteiger partial charge in [0.05, 0.1) is 11.2 Å². The molecule has 0 fully saturated rings. The molecule has 0 spiro atoms. The van der Waals surface area contributed by atoms with Crippen LogP contribution in [0.5, 0.6) is 5.75 Å². The zero-order valence-corrected chi connectivity index (χ0v) is 17.7. The molecule has 0 atom stereocenters. The van der Waals surface area contributed by atoms with Crippen LogP contribution in [0.4, 0.5) is 4.79 Å². The molecule has 2 aromatic heterocycles. The third-order valence-corrected chi connectivity index (χ3v) is 4.11. The van der Waals surface area contributed by atoms with Crippen LogP contribution in [-0.2, 0) is 0 Å². The van der Waals surface area contributed by atoms with Crippen molar-refractivity contribution in [2.24, 2.45) is 0 Å². The summed E-state index contributed by atoms with van der Waals surface area (Å²) in [4.78, 5) is 25.3. The topological polar surface area (TPSA) is 77.0 Å². The largest absolute Gasteiger partial charge is 0.413 e. The number of nitrogens with one attached hydrogen (secondary N) is 1. The lowest BCUT2D eigenvalue weighted by Crippen LogP contribution is -2.42. The van der Waals surface area contributed by atoms with Gasteiger partial charge in [0.2, 0.25) is 0 Å². The van der Waals surface area contributed by atoms with Crippen LogP contribution in [0.15, 0.2) is 41.0 Å². The molecular weight excluding hydrogens is 420 g/mol. The first kappa shape index (κ1) is 19.9. The molecule has 2 heterocycles. The summed E-state index contributed by atoms with van der Waals surface area (Å²) in [6.45, 7) is 7.60. The van der Waals surface area contributed by atoms with Gasteiger partial charge in [-0.15, -0.1) is 0 Å². The molecule has 0 bridgehead atoms. The highest BCUT2D eigenvalue weighted by Gasteiger charge is 2.17. The smallest absolute Gasteiger partial charge is 0.410 e. The van der Waals surface area contributed by atoms with Gasteiger partial charge in [-0.1, -0.05) is 15.9 Å². The zero-order chi connectivity index (χ0) is 20.3. The van der Waals surface area contributed by atoms with Gasteiger partial charge in [0.1, 0.15) is 5.75 Å². The third-order valence-electron chi connectivity index (χ3n) is 3.65. The monoisotopic (exact) mass is 440 g/mol. The number of fused-ring (bicyclic) bond motifs is 1. The average molecular weight is 441 g/mol. The van der Waals surface area contributed by atoms with Crippen LogP contribution in [0.25, 0.3) is 23.1 Å². The molecule has 0 saturated heterocycles. The molecule has 1 amide bonds. The number of halogens is 1. The molecule has 0 saturated carbocycles. The van der Waals surface area contributed by atoms with Gasteiger partial charge in [-0.3, -0.25) is 0 Å². The van der Waals surface area contributed by atoms with Gasteiger partial charge in [-0.05, 0) is 70.2 Å². The van der Waals surface area contributed by atoms with Crippen molar-refractivity contribution < 1.29 is 9.53 Å². The molecule has 1 aromatic carbocycles. The molecule has 0 radical (unpaired) electrons. The average Bonchev–Trinajstić information content (AvgIpc) is 2.58. The molecule has 0 aliphatic rings. The predicted octanol–water partition coefficient (Wildman–Crippen LogP) is 5.15. The summed E-state index contributed by atoms with van der Waals surface area (Å²) in [6, 6.07) is 9.22. The Morgan fingerprint density at radius 1 is 1.14 bits per heavy atom. The van der Waals surface area contributed by atoms with Crippen LogP contribution in [0.1, 0.15) is 38.0 Å². The summed E-state index contributed by atoms with van der Waals surface area (Å²) in [6.07, 6.45) is 4.88. The van der Waals surface area contributed by atoms with E-state index in [2.05, 4.69) is 36.2 Å². The first-order chi connectivity index (χ1) is 13.2. The number of pyridine rings is 1. The molecule has 28 heavy (non-hydrogen) atoms. The number of carbonyl (C=O) groups excluding carboxylic acids is 1. The number of carbonyl (C=O) groups is 1. The summed E-state index contributed by atoms with van der Waals surface area (Å²) < 4.78 is 6.28. The van der Waals surface area contributed by atoms with E-state index >= 15 is 0 Å². The van der Waals surface area contributed by atoms with Gasteiger partial charge in [0.15, 0.2) is 5.82 Å². The number of rotatable bonds is 3. The van der Waals surface area contributed by atoms with Crippen molar-refractivity contribution in [2.75, 3.05) is 0 Å². The van der Waals surface area contributed by atoms with E-state index in [9.17, 15) is 4.79 Å². The van der Waals surface area contributed by atoms with Crippen molar-refractivity contribution in [3.8, 4) is 5.75 Å². The molecule has 3 aromatic rings. The minimum atomic E-state index is -0.507. The summed E-state index contributed by atoms with van der Waals surface area (Å²) in [5.74, 6) is 1.06. The summed E-state index contributed by atoms with van der Waals surface area (Å²) >= 11 is 3.45. The number of nitrogens with zero attached hydrogens (tertiary/aromatic N) is 3. The maximum absolute atomic E-state index is 12.1. The fourth-order valence-corrected chi connectivity index (χ4v) is 2.93. The SMILES string of the molecule is Cc1ccnc(/C=C/c2ccc3c(OC(=O)NC(C)(C)C)cc(Br)cc3n2)n1. The second kappa shape index (κ2) is 8.06. The number of hydrogen-bond acceptors (Lipinski definition) is 5. The molecule has 0 unspecified atom stereocenters. The first-order valence-electron chi connectivity index (χ1n) is 8.78. The Hall–Kier alpha value is -2.80. The normalized spacial score (nSPS) is 11.8. The van der Waals surface area contributed by atoms with Crippen molar-refractivity contribution in [3.63, 3.8) is 0 Å². The van der Waals surface area contributed by atoms with E-state index in [-0.39, 0.29) is 5.54 Å². The number of hydrogen-bond donors (Lipinski definition) is 1. The number of ether oxygens (including phenoxy) is 1. The third kappa shape index (κ3) is 5.36. The number of aromatic nitrogens is 3. The predicted molar refractivity (Wildman–Crippen MR) is 114 cm³/mol. The van der Waals surface area contributed by atoms with Crippen molar-refractivity contribution >= 4 is 45.1 Å². The van der Waals surface area contributed by atoms with Gasteiger partial charge in [-0.25, -0.2) is 19.7 Å². The maximum atomic E-state index is 12.1. The fraction of sp³-hybridized carbons (Fsp3) is 0.238. The summed E-state index contributed by atoms with van der Waals surface area (Å²) in [5.41, 5.74) is 1.98. The van der Waals surface area contributed by atoms with E-state index in [0.717, 1.165) is 21.2 Å². The van der Waals surface area contributed by atoms with E-state index in [0.29, 0.717) is 17.1 Å². The molecule has 144 valence electrons. The highest BCUT2D eigenvalue weighted by molar-refractivity contribution is 9.10. The van der Waals surface area contributed by atoms with Gasteiger partial charge < -0.3 is 10.1 Å². The molecule has 0 aliphatic carbocycles. The molecular formula is C21H21BrN4O2. The van der Waals surface area contributed by atoms with E-state index in [1.165, 1.54) is 0 Å². The quantitative estimate of drug-likeness (QED) is 0.608. The standard InChI is InChI=1S/C21H21BrN4O2/c1-13-9-10-23-19(24-13)8-6-15-5-7-16-17(25-15)11-14(22)12-18(16)28-20(27)26-21(2,3)4/h5-12H,1-4H3,(H,26,27)/b8-6+. The zero-order valence-electron chi connectivity index (χ0n) is 16.2. The molecule has 1 N–H and O–H groups in total. The van der Waals surface area contributed by atoms with Gasteiger partial charge >= 0.3 is 6.09 Å². The highest BCUT2D eigenvalue weighted by atomic mass is 79.9. The second-order valence-corrected chi connectivity index (χ2v) is 8.28. The minimum absolute atomic E-state index is 0.382. The lowest BCUT2D eigenvalue weighted by molar-refractivity contribution is 0.191. The van der Waals surface area contributed by atoms with Crippen molar-refractivity contribution in [1.82, 2.24) is 20.3 Å². The Balaban J connectivity index is 1.89. The number of amides is 1. The fourth-order valence-electron chi connectivity index (χ4n) is 2.50. The molecule has 7 heteroatoms. The van der Waals surface area contributed by atoms with Gasteiger partial charge in [0, 0.05) is 27.3 Å². The van der Waals surface area contributed by atoms with Gasteiger partial charge in [0.25, 0.3) is 0 Å². The van der Waals surface area contributed by atoms with Crippen LogP contribution in [0.3, 0.4) is 0 Å². The van der Waals surface area contributed by atoms with E-state index in [1.54, 1.807) is 12.3 Å². The Labute approximate surface area is 172 Å². The highest BCUT2D eigenvalue weighted by Crippen LogP contribution is 2.30. The van der Waals surface area contributed by atoms with Crippen molar-refractivity contribution in [3.05, 3.63) is 58.2 Å². The van der Waals surface area contributed by atoms with E-state index in [1.807, 2.05) is 64.1 Å². The van der Waals surface area contributed by atoms with E-state index < -0.39 is 6.09 Å². The van der Waals surface area contributed by atoms with Crippen LogP contribution in [0.2, 0.25) is 0 Å². The Morgan fingerprint density at radius 2 is 1.93 bits per heavy atom. The van der Waals surface area contributed by atoms with Crippen LogP contribution < -0.4 is 10.1 Å². The van der Waals surface area contributed by atoms with Crippen LogP contribution >= 0.6 is 15.9 Å². The maximum Gasteiger partial charge on any atom is 0.413 e. The summed E-state index contributed by atoms with van der Waals surface area (Å²) in [5, 5.41) is 3.53. The van der Waals surface area contributed by atoms with E-state index in [4.69, 9.17) is 4.74 Å². The number of aryl methyl sites for hydroxylation is 1. The van der Waals surface area contributed by atoms with Crippen molar-refractivity contribution in [2.45, 2.75) is 33.2 Å². The van der Waals surface area contributed by atoms with Gasteiger partial charge in [-0.2, -0.15) is 0 Å². The Morgan fingerprint density at radius 3 is 2.64 bits per heavy atom. The minimum Gasteiger partial charge on any atom is -0.410 e.